The normalized spacial score (nSPS) is 17.2. The number of aromatic nitrogens is 1. The smallest absolute Gasteiger partial charge is 0.252 e. The Morgan fingerprint density at radius 2 is 2.05 bits per heavy atom. The predicted molar refractivity (Wildman–Crippen MR) is 74.1 cm³/mol. The van der Waals surface area contributed by atoms with Gasteiger partial charge in [-0.3, -0.25) is 0 Å². The maximum Gasteiger partial charge on any atom is 0.252 e. The van der Waals surface area contributed by atoms with Crippen LogP contribution in [0.5, 0.6) is 5.88 Å². The first kappa shape index (κ1) is 15.0. The molecule has 1 fully saturated rings. The summed E-state index contributed by atoms with van der Waals surface area (Å²) in [5.41, 5.74) is 0. The number of halogens is 2. The minimum absolute atomic E-state index is 0.0520. The van der Waals surface area contributed by atoms with Gasteiger partial charge in [-0.25, -0.2) is 8.78 Å². The molecule has 1 aromatic heterocycles. The van der Waals surface area contributed by atoms with Gasteiger partial charge in [-0.15, -0.1) is 0 Å². The Balaban J connectivity index is 2.06. The van der Waals surface area contributed by atoms with E-state index < -0.39 is 11.6 Å². The zero-order valence-electron chi connectivity index (χ0n) is 12.0. The van der Waals surface area contributed by atoms with Gasteiger partial charge in [0, 0.05) is 25.7 Å². The number of pyridine rings is 1. The van der Waals surface area contributed by atoms with Crippen molar-refractivity contribution in [3.05, 3.63) is 17.7 Å². The molecule has 1 aromatic rings. The number of anilines is 1. The highest BCUT2D eigenvalue weighted by atomic mass is 19.1. The fraction of sp³-hybridized carbons (Fsp3) is 0.643. The molecule has 1 aliphatic heterocycles. The van der Waals surface area contributed by atoms with Crippen molar-refractivity contribution in [2.75, 3.05) is 32.0 Å². The van der Waals surface area contributed by atoms with Gasteiger partial charge in [0.15, 0.2) is 17.5 Å². The lowest BCUT2D eigenvalue weighted by Crippen LogP contribution is -2.36. The second-order valence-corrected chi connectivity index (χ2v) is 5.15. The van der Waals surface area contributed by atoms with E-state index in [1.165, 1.54) is 0 Å². The van der Waals surface area contributed by atoms with Crippen molar-refractivity contribution in [3.8, 4) is 5.88 Å². The SMILES string of the molecule is CCCNc1nc(OC2CCN(C)CC2)c(F)cc1F. The second kappa shape index (κ2) is 6.83. The summed E-state index contributed by atoms with van der Waals surface area (Å²) in [5.74, 6) is -1.49. The van der Waals surface area contributed by atoms with Gasteiger partial charge >= 0.3 is 0 Å². The number of piperidine rings is 1. The molecule has 20 heavy (non-hydrogen) atoms. The Morgan fingerprint density at radius 1 is 1.35 bits per heavy atom. The summed E-state index contributed by atoms with van der Waals surface area (Å²) < 4.78 is 32.9. The fourth-order valence-corrected chi connectivity index (χ4v) is 2.16. The molecule has 2 rings (SSSR count). The number of hydrogen-bond acceptors (Lipinski definition) is 4. The van der Waals surface area contributed by atoms with Crippen LogP contribution < -0.4 is 10.1 Å². The Kier molecular flexibility index (Phi) is 5.11. The summed E-state index contributed by atoms with van der Waals surface area (Å²) in [5, 5.41) is 2.83. The van der Waals surface area contributed by atoms with Crippen LogP contribution in [0.4, 0.5) is 14.6 Å². The zero-order valence-corrected chi connectivity index (χ0v) is 12.0. The molecule has 1 N–H and O–H groups in total. The summed E-state index contributed by atoms with van der Waals surface area (Å²) >= 11 is 0. The maximum absolute atomic E-state index is 13.7. The summed E-state index contributed by atoms with van der Waals surface area (Å²) in [4.78, 5) is 6.12. The van der Waals surface area contributed by atoms with E-state index in [1.54, 1.807) is 0 Å². The van der Waals surface area contributed by atoms with Crippen molar-refractivity contribution in [1.82, 2.24) is 9.88 Å². The van der Waals surface area contributed by atoms with E-state index in [1.807, 2.05) is 14.0 Å². The van der Waals surface area contributed by atoms with Crippen LogP contribution in [0.2, 0.25) is 0 Å². The molecule has 2 heterocycles. The van der Waals surface area contributed by atoms with E-state index in [0.717, 1.165) is 38.4 Å². The molecule has 0 aliphatic carbocycles. The van der Waals surface area contributed by atoms with Crippen molar-refractivity contribution in [2.24, 2.45) is 0 Å². The molecule has 0 unspecified atom stereocenters. The average Bonchev–Trinajstić information content (AvgIpc) is 2.43. The molecule has 0 bridgehead atoms. The summed E-state index contributed by atoms with van der Waals surface area (Å²) in [7, 11) is 2.04. The van der Waals surface area contributed by atoms with Crippen molar-refractivity contribution in [1.29, 1.82) is 0 Å². The molecule has 0 amide bonds. The minimum atomic E-state index is -0.747. The number of rotatable bonds is 5. The van der Waals surface area contributed by atoms with Crippen LogP contribution in [0.1, 0.15) is 26.2 Å². The van der Waals surface area contributed by atoms with Gasteiger partial charge in [-0.05, 0) is 26.3 Å². The van der Waals surface area contributed by atoms with E-state index in [-0.39, 0.29) is 17.8 Å². The number of hydrogen-bond donors (Lipinski definition) is 1. The quantitative estimate of drug-likeness (QED) is 0.902. The largest absolute Gasteiger partial charge is 0.472 e. The summed E-state index contributed by atoms with van der Waals surface area (Å²) in [6, 6.07) is 0.829. The van der Waals surface area contributed by atoms with E-state index in [0.29, 0.717) is 6.54 Å². The third-order valence-corrected chi connectivity index (χ3v) is 3.38. The highest BCUT2D eigenvalue weighted by Gasteiger charge is 2.21. The Labute approximate surface area is 118 Å². The van der Waals surface area contributed by atoms with Gasteiger partial charge in [-0.2, -0.15) is 4.98 Å². The maximum atomic E-state index is 13.7. The van der Waals surface area contributed by atoms with Crippen LogP contribution in [0.15, 0.2) is 6.07 Å². The van der Waals surface area contributed by atoms with E-state index in [2.05, 4.69) is 15.2 Å². The van der Waals surface area contributed by atoms with E-state index >= 15 is 0 Å². The third-order valence-electron chi connectivity index (χ3n) is 3.38. The highest BCUT2D eigenvalue weighted by molar-refractivity contribution is 5.39. The van der Waals surface area contributed by atoms with Crippen molar-refractivity contribution in [2.45, 2.75) is 32.3 Å². The molecule has 0 spiro atoms. The monoisotopic (exact) mass is 285 g/mol. The molecule has 1 aliphatic rings. The second-order valence-electron chi connectivity index (χ2n) is 5.15. The molecule has 0 saturated carbocycles. The van der Waals surface area contributed by atoms with E-state index in [4.69, 9.17) is 4.74 Å². The summed E-state index contributed by atoms with van der Waals surface area (Å²) in [6.07, 6.45) is 2.43. The zero-order chi connectivity index (χ0) is 14.5. The minimum Gasteiger partial charge on any atom is -0.472 e. The topological polar surface area (TPSA) is 37.4 Å². The van der Waals surface area contributed by atoms with Crippen LogP contribution in [0.3, 0.4) is 0 Å². The predicted octanol–water partition coefficient (Wildman–Crippen LogP) is 2.65. The Morgan fingerprint density at radius 3 is 2.70 bits per heavy atom. The van der Waals surface area contributed by atoms with Gasteiger partial charge in [0.05, 0.1) is 0 Å². The lowest BCUT2D eigenvalue weighted by Gasteiger charge is -2.29. The molecule has 4 nitrogen and oxygen atoms in total. The van der Waals surface area contributed by atoms with Crippen molar-refractivity contribution < 1.29 is 13.5 Å². The van der Waals surface area contributed by atoms with Crippen LogP contribution in [0.25, 0.3) is 0 Å². The highest BCUT2D eigenvalue weighted by Crippen LogP contribution is 2.24. The van der Waals surface area contributed by atoms with Crippen molar-refractivity contribution >= 4 is 5.82 Å². The Hall–Kier alpha value is -1.43. The average molecular weight is 285 g/mol. The third kappa shape index (κ3) is 3.79. The van der Waals surface area contributed by atoms with Gasteiger partial charge in [-0.1, -0.05) is 6.92 Å². The molecule has 1 saturated heterocycles. The molecule has 0 aromatic carbocycles. The molecule has 0 atom stereocenters. The molecule has 112 valence electrons. The first-order valence-electron chi connectivity index (χ1n) is 7.05. The van der Waals surface area contributed by atoms with Crippen LogP contribution in [-0.4, -0.2) is 42.7 Å². The number of likely N-dealkylation sites (tertiary alicyclic amines) is 1. The lowest BCUT2D eigenvalue weighted by molar-refractivity contribution is 0.105. The number of ether oxygens (including phenoxy) is 1. The fourth-order valence-electron chi connectivity index (χ4n) is 2.16. The number of nitrogens with zero attached hydrogens (tertiary/aromatic N) is 2. The molecule has 6 heteroatoms. The van der Waals surface area contributed by atoms with Gasteiger partial charge in [0.1, 0.15) is 6.10 Å². The van der Waals surface area contributed by atoms with Crippen LogP contribution in [0, 0.1) is 11.6 Å². The van der Waals surface area contributed by atoms with Gasteiger partial charge < -0.3 is 15.0 Å². The Bertz CT molecular complexity index is 448. The van der Waals surface area contributed by atoms with E-state index in [9.17, 15) is 8.78 Å². The standard InChI is InChI=1S/C14H21F2N3O/c1-3-6-17-13-11(15)9-12(16)14(18-13)20-10-4-7-19(2)8-5-10/h9-10H,3-8H2,1-2H3,(H,17,18). The molecular weight excluding hydrogens is 264 g/mol. The first-order chi connectivity index (χ1) is 9.60. The van der Waals surface area contributed by atoms with Crippen LogP contribution >= 0.6 is 0 Å². The summed E-state index contributed by atoms with van der Waals surface area (Å²) in [6.45, 7) is 4.37. The lowest BCUT2D eigenvalue weighted by atomic mass is 10.1. The molecule has 0 radical (unpaired) electrons. The van der Waals surface area contributed by atoms with Crippen LogP contribution in [-0.2, 0) is 0 Å². The van der Waals surface area contributed by atoms with Gasteiger partial charge in [0.25, 0.3) is 5.88 Å². The van der Waals surface area contributed by atoms with Crippen molar-refractivity contribution in [3.63, 3.8) is 0 Å². The molecular formula is C14H21F2N3O. The van der Waals surface area contributed by atoms with Gasteiger partial charge in [0.2, 0.25) is 0 Å². The first-order valence-corrected chi connectivity index (χ1v) is 7.05. The number of nitrogens with one attached hydrogen (secondary N) is 1.